The van der Waals surface area contributed by atoms with E-state index in [4.69, 9.17) is 27.9 Å². The molecule has 0 aliphatic carbocycles. The molecule has 0 spiro atoms. The van der Waals surface area contributed by atoms with Crippen LogP contribution < -0.4 is 10.1 Å². The molecule has 0 aliphatic rings. The summed E-state index contributed by atoms with van der Waals surface area (Å²) in [5.74, 6) is 0.204. The van der Waals surface area contributed by atoms with Crippen LogP contribution in [-0.2, 0) is 16.1 Å². The second kappa shape index (κ2) is 12.1. The third kappa shape index (κ3) is 6.88. The Hall–Kier alpha value is -2.24. The first-order valence-corrected chi connectivity index (χ1v) is 11.7. The maximum atomic E-state index is 13.3. The van der Waals surface area contributed by atoms with Gasteiger partial charge in [0.05, 0.1) is 10.0 Å². The molecule has 2 atom stereocenters. The Labute approximate surface area is 201 Å². The topological polar surface area (TPSA) is 58.6 Å². The minimum Gasteiger partial charge on any atom is -0.483 e. The first-order chi connectivity index (χ1) is 15.2. The van der Waals surface area contributed by atoms with Crippen molar-refractivity contribution in [3.8, 4) is 5.75 Å². The van der Waals surface area contributed by atoms with E-state index in [1.807, 2.05) is 52.8 Å². The Morgan fingerprint density at radius 2 is 1.78 bits per heavy atom. The molecule has 5 nitrogen and oxygen atoms in total. The Bertz CT molecular complexity index is 949. The van der Waals surface area contributed by atoms with E-state index < -0.39 is 6.04 Å². The number of nitrogens with zero attached hydrogens (tertiary/aromatic N) is 1. The van der Waals surface area contributed by atoms with Crippen LogP contribution in [0.15, 0.2) is 36.4 Å². The highest BCUT2D eigenvalue weighted by molar-refractivity contribution is 6.42. The summed E-state index contributed by atoms with van der Waals surface area (Å²) in [5.41, 5.74) is 2.86. The van der Waals surface area contributed by atoms with E-state index in [9.17, 15) is 9.59 Å². The zero-order valence-corrected chi connectivity index (χ0v) is 20.9. The summed E-state index contributed by atoms with van der Waals surface area (Å²) in [5, 5.41) is 3.83. The number of carbonyl (C=O) groups is 2. The van der Waals surface area contributed by atoms with E-state index in [0.29, 0.717) is 22.2 Å². The van der Waals surface area contributed by atoms with Gasteiger partial charge in [0.2, 0.25) is 5.91 Å². The van der Waals surface area contributed by atoms with Crippen LogP contribution in [0.4, 0.5) is 0 Å². The van der Waals surface area contributed by atoms with Gasteiger partial charge >= 0.3 is 0 Å². The fourth-order valence-electron chi connectivity index (χ4n) is 3.30. The third-order valence-electron chi connectivity index (χ3n) is 5.63. The molecule has 2 aromatic carbocycles. The minimum absolute atomic E-state index is 0.0182. The van der Waals surface area contributed by atoms with Crippen molar-refractivity contribution in [2.45, 2.75) is 66.1 Å². The number of halogens is 2. The summed E-state index contributed by atoms with van der Waals surface area (Å²) in [6.07, 6.45) is 1.28. The minimum atomic E-state index is -0.631. The van der Waals surface area contributed by atoms with E-state index >= 15 is 0 Å². The van der Waals surface area contributed by atoms with E-state index in [2.05, 4.69) is 5.32 Å². The second-order valence-corrected chi connectivity index (χ2v) is 8.81. The zero-order chi connectivity index (χ0) is 23.8. The van der Waals surface area contributed by atoms with Gasteiger partial charge in [0.15, 0.2) is 6.61 Å². The predicted octanol–water partition coefficient (Wildman–Crippen LogP) is 5.71. The van der Waals surface area contributed by atoms with Crippen molar-refractivity contribution in [3.05, 3.63) is 63.1 Å². The smallest absolute Gasteiger partial charge is 0.261 e. The monoisotopic (exact) mass is 478 g/mol. The van der Waals surface area contributed by atoms with E-state index in [-0.39, 0.29) is 31.0 Å². The van der Waals surface area contributed by atoms with Gasteiger partial charge in [-0.3, -0.25) is 9.59 Å². The fraction of sp³-hybridized carbons (Fsp3) is 0.440. The van der Waals surface area contributed by atoms with E-state index in [0.717, 1.165) is 23.1 Å². The maximum Gasteiger partial charge on any atom is 0.261 e. The van der Waals surface area contributed by atoms with Crippen molar-refractivity contribution in [1.82, 2.24) is 10.2 Å². The number of rotatable bonds is 10. The Morgan fingerprint density at radius 1 is 1.06 bits per heavy atom. The molecule has 0 radical (unpaired) electrons. The van der Waals surface area contributed by atoms with E-state index in [1.54, 1.807) is 23.1 Å². The summed E-state index contributed by atoms with van der Waals surface area (Å²) < 4.78 is 5.85. The van der Waals surface area contributed by atoms with Crippen molar-refractivity contribution in [2.24, 2.45) is 0 Å². The molecule has 174 valence electrons. The summed E-state index contributed by atoms with van der Waals surface area (Å²) in [6.45, 7) is 9.84. The number of ether oxygens (including phenoxy) is 1. The van der Waals surface area contributed by atoms with Gasteiger partial charge in [-0.2, -0.15) is 0 Å². The van der Waals surface area contributed by atoms with Crippen molar-refractivity contribution >= 4 is 35.0 Å². The zero-order valence-electron chi connectivity index (χ0n) is 19.4. The van der Waals surface area contributed by atoms with Crippen LogP contribution in [0.3, 0.4) is 0 Å². The van der Waals surface area contributed by atoms with Crippen LogP contribution >= 0.6 is 23.2 Å². The first kappa shape index (κ1) is 26.0. The number of carbonyl (C=O) groups excluding carboxylic acids is 2. The van der Waals surface area contributed by atoms with Crippen LogP contribution in [-0.4, -0.2) is 35.4 Å². The largest absolute Gasteiger partial charge is 0.483 e. The highest BCUT2D eigenvalue weighted by Gasteiger charge is 2.29. The van der Waals surface area contributed by atoms with Crippen LogP contribution in [0.25, 0.3) is 0 Å². The van der Waals surface area contributed by atoms with Gasteiger partial charge in [-0.1, -0.05) is 55.2 Å². The lowest BCUT2D eigenvalue weighted by atomic mass is 10.1. The Kier molecular flexibility index (Phi) is 9.85. The normalized spacial score (nSPS) is 12.7. The summed E-state index contributed by atoms with van der Waals surface area (Å²) >= 11 is 12.2. The van der Waals surface area contributed by atoms with Gasteiger partial charge in [0.25, 0.3) is 5.91 Å². The van der Waals surface area contributed by atoms with E-state index in [1.165, 1.54) is 0 Å². The van der Waals surface area contributed by atoms with Crippen molar-refractivity contribution < 1.29 is 14.3 Å². The number of benzene rings is 2. The van der Waals surface area contributed by atoms with Crippen LogP contribution in [0.1, 0.15) is 50.3 Å². The van der Waals surface area contributed by atoms with Gasteiger partial charge in [-0.25, -0.2) is 0 Å². The molecular weight excluding hydrogens is 447 g/mol. The summed E-state index contributed by atoms with van der Waals surface area (Å²) in [4.78, 5) is 27.8. The van der Waals surface area contributed by atoms with Gasteiger partial charge in [0.1, 0.15) is 11.8 Å². The molecule has 0 bridgehead atoms. The molecule has 0 heterocycles. The number of amides is 2. The molecule has 7 heteroatoms. The number of hydrogen-bond donors (Lipinski definition) is 1. The molecule has 0 fully saturated rings. The molecule has 2 aromatic rings. The van der Waals surface area contributed by atoms with Crippen molar-refractivity contribution in [2.75, 3.05) is 6.61 Å². The third-order valence-corrected chi connectivity index (χ3v) is 6.37. The molecule has 0 aromatic heterocycles. The highest BCUT2D eigenvalue weighted by atomic mass is 35.5. The molecule has 0 aliphatic heterocycles. The average Bonchev–Trinajstić information content (AvgIpc) is 2.76. The SMILES string of the molecule is CC[C@@H](C)NC(=O)[C@@H](CC)N(Cc1ccc(Cl)c(Cl)c1)C(=O)COc1cccc(C)c1C. The van der Waals surface area contributed by atoms with Crippen LogP contribution in [0.2, 0.25) is 10.0 Å². The lowest BCUT2D eigenvalue weighted by Gasteiger charge is -2.31. The number of aryl methyl sites for hydroxylation is 1. The predicted molar refractivity (Wildman–Crippen MR) is 130 cm³/mol. The van der Waals surface area contributed by atoms with Crippen LogP contribution in [0.5, 0.6) is 5.75 Å². The lowest BCUT2D eigenvalue weighted by Crippen LogP contribution is -2.51. The van der Waals surface area contributed by atoms with Gasteiger partial charge in [-0.05, 0) is 68.5 Å². The number of nitrogens with one attached hydrogen (secondary N) is 1. The highest BCUT2D eigenvalue weighted by Crippen LogP contribution is 2.25. The molecule has 0 saturated carbocycles. The summed E-state index contributed by atoms with van der Waals surface area (Å²) in [7, 11) is 0. The average molecular weight is 479 g/mol. The molecular formula is C25H32Cl2N2O3. The van der Waals surface area contributed by atoms with Crippen molar-refractivity contribution in [1.29, 1.82) is 0 Å². The molecule has 0 saturated heterocycles. The van der Waals surface area contributed by atoms with Gasteiger partial charge < -0.3 is 15.0 Å². The van der Waals surface area contributed by atoms with Gasteiger partial charge in [0, 0.05) is 12.6 Å². The molecule has 1 N–H and O–H groups in total. The second-order valence-electron chi connectivity index (χ2n) is 8.00. The standard InChI is InChI=1S/C25H32Cl2N2O3/c1-6-17(4)28-25(31)22(7-2)29(14-19-11-12-20(26)21(27)13-19)24(30)15-32-23-10-8-9-16(3)18(23)5/h8-13,17,22H,6-7,14-15H2,1-5H3,(H,28,31)/t17-,22-/m1/s1. The Morgan fingerprint density at radius 3 is 2.41 bits per heavy atom. The Balaban J connectivity index is 2.28. The van der Waals surface area contributed by atoms with Gasteiger partial charge in [-0.15, -0.1) is 0 Å². The van der Waals surface area contributed by atoms with Crippen molar-refractivity contribution in [3.63, 3.8) is 0 Å². The molecule has 32 heavy (non-hydrogen) atoms. The fourth-order valence-corrected chi connectivity index (χ4v) is 3.62. The molecule has 2 amide bonds. The van der Waals surface area contributed by atoms with Crippen LogP contribution in [0, 0.1) is 13.8 Å². The first-order valence-electron chi connectivity index (χ1n) is 10.9. The maximum absolute atomic E-state index is 13.3. The number of hydrogen-bond acceptors (Lipinski definition) is 3. The lowest BCUT2D eigenvalue weighted by molar-refractivity contribution is -0.143. The molecule has 0 unspecified atom stereocenters. The molecule has 2 rings (SSSR count). The quantitative estimate of drug-likeness (QED) is 0.475. The summed E-state index contributed by atoms with van der Waals surface area (Å²) in [6, 6.07) is 10.3.